The van der Waals surface area contributed by atoms with Crippen molar-refractivity contribution >= 4 is 15.9 Å². The topological polar surface area (TPSA) is 99.3 Å². The number of rotatable bonds is 3. The molecule has 0 saturated carbocycles. The van der Waals surface area contributed by atoms with E-state index >= 15 is 0 Å². The number of carbonyl (C=O) groups is 1. The molecule has 9 heteroatoms. The second-order valence-corrected chi connectivity index (χ2v) is 9.29. The van der Waals surface area contributed by atoms with E-state index in [4.69, 9.17) is 0 Å². The van der Waals surface area contributed by atoms with Crippen LogP contribution in [0.3, 0.4) is 0 Å². The Morgan fingerprint density at radius 1 is 1.11 bits per heavy atom. The summed E-state index contributed by atoms with van der Waals surface area (Å²) in [6.07, 6.45) is 2.92. The minimum atomic E-state index is -3.62. The maximum Gasteiger partial charge on any atom is 0.276 e. The van der Waals surface area contributed by atoms with Crippen molar-refractivity contribution in [1.82, 2.24) is 24.6 Å². The first-order valence-electron chi connectivity index (χ1n) is 9.05. The molecule has 1 amide bonds. The van der Waals surface area contributed by atoms with Crippen LogP contribution in [0.5, 0.6) is 0 Å². The smallest absolute Gasteiger partial charge is 0.276 e. The largest absolute Gasteiger partial charge is 0.334 e. The molecule has 8 nitrogen and oxygen atoms in total. The summed E-state index contributed by atoms with van der Waals surface area (Å²) in [5.41, 5.74) is 2.85. The van der Waals surface area contributed by atoms with Crippen molar-refractivity contribution in [2.75, 3.05) is 13.1 Å². The maximum absolute atomic E-state index is 13.5. The third kappa shape index (κ3) is 2.94. The number of aryl methyl sites for hydroxylation is 3. The fraction of sp³-hybridized carbons (Fsp3) is 0.500. The lowest BCUT2D eigenvalue weighted by atomic mass is 10.1. The second-order valence-electron chi connectivity index (χ2n) is 7.51. The SMILES string of the molecule is Cc1cc(C)c(S(=O)(=O)N2C3CCC2CN(C(=O)c2cn[nH]n2)C3)c(C)c1. The van der Waals surface area contributed by atoms with Crippen LogP contribution in [-0.4, -0.2) is 64.1 Å². The first kappa shape index (κ1) is 18.1. The molecule has 2 bridgehead atoms. The number of sulfonamides is 1. The Morgan fingerprint density at radius 2 is 1.70 bits per heavy atom. The Kier molecular flexibility index (Phi) is 4.31. The molecule has 2 unspecified atom stereocenters. The monoisotopic (exact) mass is 389 g/mol. The van der Waals surface area contributed by atoms with Gasteiger partial charge < -0.3 is 4.90 Å². The van der Waals surface area contributed by atoms with Gasteiger partial charge >= 0.3 is 0 Å². The lowest BCUT2D eigenvalue weighted by molar-refractivity contribution is 0.0609. The number of aromatic nitrogens is 3. The molecule has 2 aromatic rings. The van der Waals surface area contributed by atoms with Crippen LogP contribution in [0, 0.1) is 20.8 Å². The summed E-state index contributed by atoms with van der Waals surface area (Å²) in [6.45, 7) is 6.42. The average molecular weight is 389 g/mol. The number of benzene rings is 1. The second kappa shape index (κ2) is 6.42. The number of H-pyrrole nitrogens is 1. The standard InChI is InChI=1S/C18H23N5O3S/c1-11-6-12(2)17(13(3)7-11)27(25,26)23-14-4-5-15(23)10-22(9-14)18(24)16-8-19-21-20-16/h6-8,14-15H,4-5,9-10H2,1-3H3,(H,19,20,21). The van der Waals surface area contributed by atoms with Crippen molar-refractivity contribution < 1.29 is 13.2 Å². The van der Waals surface area contributed by atoms with Crippen LogP contribution >= 0.6 is 0 Å². The number of nitrogens with one attached hydrogen (secondary N) is 1. The third-order valence-electron chi connectivity index (χ3n) is 5.48. The zero-order valence-corrected chi connectivity index (χ0v) is 16.5. The van der Waals surface area contributed by atoms with Crippen LogP contribution in [0.15, 0.2) is 23.2 Å². The molecule has 2 aliphatic rings. The first-order valence-corrected chi connectivity index (χ1v) is 10.5. The highest BCUT2D eigenvalue weighted by Crippen LogP contribution is 2.37. The van der Waals surface area contributed by atoms with E-state index in [0.29, 0.717) is 18.0 Å². The Balaban J connectivity index is 1.64. The van der Waals surface area contributed by atoms with Gasteiger partial charge in [0, 0.05) is 25.2 Å². The Morgan fingerprint density at radius 3 is 2.22 bits per heavy atom. The molecular weight excluding hydrogens is 366 g/mol. The van der Waals surface area contributed by atoms with E-state index in [9.17, 15) is 13.2 Å². The lowest BCUT2D eigenvalue weighted by Gasteiger charge is -2.40. The molecule has 2 saturated heterocycles. The lowest BCUT2D eigenvalue weighted by Crippen LogP contribution is -2.57. The summed E-state index contributed by atoms with van der Waals surface area (Å²) in [6, 6.07) is 3.41. The predicted octanol–water partition coefficient (Wildman–Crippen LogP) is 1.41. The van der Waals surface area contributed by atoms with Gasteiger partial charge in [-0.05, 0) is 44.7 Å². The van der Waals surface area contributed by atoms with Crippen LogP contribution in [0.25, 0.3) is 0 Å². The molecule has 1 aromatic carbocycles. The first-order chi connectivity index (χ1) is 12.8. The van der Waals surface area contributed by atoms with Gasteiger partial charge in [-0.2, -0.15) is 19.7 Å². The quantitative estimate of drug-likeness (QED) is 0.856. The maximum atomic E-state index is 13.5. The van der Waals surface area contributed by atoms with E-state index in [0.717, 1.165) is 29.5 Å². The van der Waals surface area contributed by atoms with Crippen molar-refractivity contribution in [2.45, 2.75) is 50.6 Å². The minimum absolute atomic E-state index is 0.204. The molecule has 27 heavy (non-hydrogen) atoms. The summed E-state index contributed by atoms with van der Waals surface area (Å²) in [4.78, 5) is 14.7. The van der Waals surface area contributed by atoms with Crippen LogP contribution < -0.4 is 0 Å². The van der Waals surface area contributed by atoms with Gasteiger partial charge in [-0.25, -0.2) is 8.42 Å². The number of amides is 1. The number of fused-ring (bicyclic) bond motifs is 2. The molecule has 144 valence electrons. The zero-order chi connectivity index (χ0) is 19.3. The minimum Gasteiger partial charge on any atom is -0.334 e. The normalized spacial score (nSPS) is 23.0. The fourth-order valence-electron chi connectivity index (χ4n) is 4.57. The van der Waals surface area contributed by atoms with Crippen molar-refractivity contribution in [3.8, 4) is 0 Å². The molecule has 2 aliphatic heterocycles. The molecule has 2 fully saturated rings. The van der Waals surface area contributed by atoms with Crippen molar-refractivity contribution in [3.63, 3.8) is 0 Å². The number of hydrogen-bond acceptors (Lipinski definition) is 5. The van der Waals surface area contributed by atoms with Crippen molar-refractivity contribution in [1.29, 1.82) is 0 Å². The molecule has 3 heterocycles. The molecule has 0 radical (unpaired) electrons. The summed E-state index contributed by atoms with van der Waals surface area (Å²) in [5, 5.41) is 9.98. The number of likely N-dealkylation sites (tertiary alicyclic amines) is 1. The molecule has 1 N–H and O–H groups in total. The third-order valence-corrected chi connectivity index (χ3v) is 7.79. The van der Waals surface area contributed by atoms with Crippen LogP contribution in [0.2, 0.25) is 0 Å². The highest BCUT2D eigenvalue weighted by molar-refractivity contribution is 7.89. The zero-order valence-electron chi connectivity index (χ0n) is 15.6. The van der Waals surface area contributed by atoms with E-state index in [2.05, 4.69) is 15.4 Å². The van der Waals surface area contributed by atoms with Gasteiger partial charge in [0.15, 0.2) is 5.69 Å². The number of piperazine rings is 1. The number of carbonyl (C=O) groups excluding carboxylic acids is 1. The summed E-state index contributed by atoms with van der Waals surface area (Å²) < 4.78 is 28.6. The number of nitrogens with zero attached hydrogens (tertiary/aromatic N) is 4. The van der Waals surface area contributed by atoms with E-state index in [-0.39, 0.29) is 23.7 Å². The molecule has 4 rings (SSSR count). The average Bonchev–Trinajstić information content (AvgIpc) is 3.20. The van der Waals surface area contributed by atoms with E-state index < -0.39 is 10.0 Å². The van der Waals surface area contributed by atoms with Gasteiger partial charge in [0.05, 0.1) is 11.1 Å². The molecule has 1 aromatic heterocycles. The number of hydrogen-bond donors (Lipinski definition) is 1. The van der Waals surface area contributed by atoms with Gasteiger partial charge in [0.1, 0.15) is 0 Å². The highest BCUT2D eigenvalue weighted by Gasteiger charge is 2.48. The van der Waals surface area contributed by atoms with Gasteiger partial charge in [-0.15, -0.1) is 0 Å². The van der Waals surface area contributed by atoms with Gasteiger partial charge in [-0.1, -0.05) is 17.7 Å². The van der Waals surface area contributed by atoms with Crippen LogP contribution in [0.1, 0.15) is 40.0 Å². The van der Waals surface area contributed by atoms with Crippen molar-refractivity contribution in [2.24, 2.45) is 0 Å². The fourth-order valence-corrected chi connectivity index (χ4v) is 6.84. The summed E-state index contributed by atoms with van der Waals surface area (Å²) >= 11 is 0. The van der Waals surface area contributed by atoms with Crippen LogP contribution in [-0.2, 0) is 10.0 Å². The highest BCUT2D eigenvalue weighted by atomic mass is 32.2. The van der Waals surface area contributed by atoms with Crippen LogP contribution in [0.4, 0.5) is 0 Å². The Bertz CT molecular complexity index is 949. The van der Waals surface area contributed by atoms with E-state index in [1.807, 2.05) is 32.9 Å². The molecule has 0 aliphatic carbocycles. The van der Waals surface area contributed by atoms with Gasteiger partial charge in [0.25, 0.3) is 5.91 Å². The van der Waals surface area contributed by atoms with E-state index in [1.54, 1.807) is 9.21 Å². The predicted molar refractivity (Wildman–Crippen MR) is 98.8 cm³/mol. The Labute approximate surface area is 158 Å². The van der Waals surface area contributed by atoms with E-state index in [1.165, 1.54) is 6.20 Å². The molecule has 0 spiro atoms. The molecular formula is C18H23N5O3S. The van der Waals surface area contributed by atoms with Gasteiger partial charge in [0.2, 0.25) is 10.0 Å². The summed E-state index contributed by atoms with van der Waals surface area (Å²) in [7, 11) is -3.62. The Hall–Kier alpha value is -2.26. The van der Waals surface area contributed by atoms with Gasteiger partial charge in [-0.3, -0.25) is 4.79 Å². The number of aromatic amines is 1. The van der Waals surface area contributed by atoms with Crippen molar-refractivity contribution in [3.05, 3.63) is 40.7 Å². The molecule has 2 atom stereocenters. The summed E-state index contributed by atoms with van der Waals surface area (Å²) in [5.74, 6) is -0.208.